The zero-order valence-corrected chi connectivity index (χ0v) is 34.2. The molecule has 3 fully saturated rings. The number of nitrogen functional groups attached to an aromatic ring is 1. The number of rotatable bonds is 11. The number of para-hydroxylation sites is 1. The van der Waals surface area contributed by atoms with Gasteiger partial charge in [0.05, 0.1) is 29.4 Å². The molecule has 4 heterocycles. The Kier molecular flexibility index (Phi) is 14.0. The van der Waals surface area contributed by atoms with Gasteiger partial charge in [0.1, 0.15) is 0 Å². The number of nitrogens with two attached hydrogens (primary N) is 1. The molecule has 2 unspecified atom stereocenters. The molecular weight excluding hydrogens is 779 g/mol. The Labute approximate surface area is 342 Å². The van der Waals surface area contributed by atoms with Crippen molar-refractivity contribution in [2.45, 2.75) is 102 Å². The maximum atomic E-state index is 14.2. The SMILES string of the molecule is CCOC(=O)CN1C(C)CCC1C[C@H](C)N1CCN(C(=O)[C@@H](Cc2cc(Cl)c(N)c(C(F)(F)F)c2)OC(=O)N2CCC(N3CCc4ccccc4NC3=O)CC2)CC1. The molecule has 0 aliphatic carbocycles. The van der Waals surface area contributed by atoms with E-state index in [1.54, 1.807) is 16.7 Å². The third kappa shape index (κ3) is 10.3. The summed E-state index contributed by atoms with van der Waals surface area (Å²) in [5.41, 5.74) is 5.82. The van der Waals surface area contributed by atoms with Crippen molar-refractivity contribution in [3.8, 4) is 0 Å². The second kappa shape index (κ2) is 18.8. The van der Waals surface area contributed by atoms with Crippen LogP contribution >= 0.6 is 11.6 Å². The minimum atomic E-state index is -4.79. The number of piperidine rings is 1. The lowest BCUT2D eigenvalue weighted by Crippen LogP contribution is -2.55. The van der Waals surface area contributed by atoms with E-state index in [1.807, 2.05) is 24.3 Å². The fraction of sp³-hybridized carbons (Fsp3) is 0.610. The van der Waals surface area contributed by atoms with E-state index < -0.39 is 35.5 Å². The first-order valence-corrected chi connectivity index (χ1v) is 20.7. The van der Waals surface area contributed by atoms with Crippen molar-refractivity contribution in [2.24, 2.45) is 0 Å². The molecule has 4 amide bonds. The molecule has 0 saturated carbocycles. The van der Waals surface area contributed by atoms with Gasteiger partial charge in [-0.2, -0.15) is 13.2 Å². The minimum absolute atomic E-state index is 0.0509. The van der Waals surface area contributed by atoms with Crippen LogP contribution in [-0.2, 0) is 38.1 Å². The number of carbonyl (C=O) groups excluding carboxylic acids is 4. The quantitative estimate of drug-likeness (QED) is 0.210. The molecule has 4 atom stereocenters. The second-order valence-corrected chi connectivity index (χ2v) is 16.3. The van der Waals surface area contributed by atoms with E-state index in [4.69, 9.17) is 26.8 Å². The maximum Gasteiger partial charge on any atom is 0.418 e. The lowest BCUT2D eigenvalue weighted by atomic mass is 10.0. The first kappa shape index (κ1) is 43.3. The van der Waals surface area contributed by atoms with Gasteiger partial charge in [-0.3, -0.25) is 19.4 Å². The van der Waals surface area contributed by atoms with Crippen molar-refractivity contribution < 1.29 is 41.8 Å². The van der Waals surface area contributed by atoms with Gasteiger partial charge >= 0.3 is 24.3 Å². The average Bonchev–Trinajstić information content (AvgIpc) is 3.42. The van der Waals surface area contributed by atoms with Gasteiger partial charge in [0, 0.05) is 82.1 Å². The number of anilines is 2. The van der Waals surface area contributed by atoms with Crippen LogP contribution in [0, 0.1) is 0 Å². The van der Waals surface area contributed by atoms with Gasteiger partial charge in [-0.1, -0.05) is 29.8 Å². The smallest absolute Gasteiger partial charge is 0.418 e. The molecule has 0 aromatic heterocycles. The summed E-state index contributed by atoms with van der Waals surface area (Å²) >= 11 is 6.15. The van der Waals surface area contributed by atoms with Gasteiger partial charge in [0.25, 0.3) is 5.91 Å². The zero-order chi connectivity index (χ0) is 41.7. The first-order valence-electron chi connectivity index (χ1n) is 20.3. The highest BCUT2D eigenvalue weighted by molar-refractivity contribution is 6.33. The Bertz CT molecular complexity index is 1800. The lowest BCUT2D eigenvalue weighted by Gasteiger charge is -2.41. The largest absolute Gasteiger partial charge is 0.465 e. The highest BCUT2D eigenvalue weighted by atomic mass is 35.5. The molecule has 2 aromatic carbocycles. The van der Waals surface area contributed by atoms with Gasteiger partial charge in [-0.05, 0) is 88.6 Å². The van der Waals surface area contributed by atoms with E-state index in [1.165, 1.54) is 11.0 Å². The number of fused-ring (bicyclic) bond motifs is 1. The van der Waals surface area contributed by atoms with Crippen LogP contribution in [0.25, 0.3) is 0 Å². The number of amides is 4. The summed E-state index contributed by atoms with van der Waals surface area (Å²) < 4.78 is 52.9. The van der Waals surface area contributed by atoms with E-state index >= 15 is 0 Å². The molecular formula is C41H55ClF3N7O6. The van der Waals surface area contributed by atoms with Crippen LogP contribution in [0.4, 0.5) is 34.1 Å². The third-order valence-corrected chi connectivity index (χ3v) is 12.5. The molecule has 2 aromatic rings. The molecule has 0 spiro atoms. The fourth-order valence-corrected chi connectivity index (χ4v) is 9.10. The molecule has 0 bridgehead atoms. The number of hydrogen-bond acceptors (Lipinski definition) is 9. The van der Waals surface area contributed by atoms with Gasteiger partial charge in [-0.15, -0.1) is 0 Å². The summed E-state index contributed by atoms with van der Waals surface area (Å²) in [5.74, 6) is -0.742. The maximum absolute atomic E-state index is 14.2. The Morgan fingerprint density at radius 3 is 2.38 bits per heavy atom. The number of carbonyl (C=O) groups is 4. The molecule has 318 valence electrons. The fourth-order valence-electron chi connectivity index (χ4n) is 8.86. The molecule has 17 heteroatoms. The Morgan fingerprint density at radius 2 is 1.69 bits per heavy atom. The number of halogens is 4. The number of ether oxygens (including phenoxy) is 2. The van der Waals surface area contributed by atoms with Crippen LogP contribution in [0.1, 0.15) is 69.6 Å². The Hall–Kier alpha value is -4.28. The Morgan fingerprint density at radius 1 is 0.983 bits per heavy atom. The number of hydrogen-bond donors (Lipinski definition) is 2. The predicted molar refractivity (Wildman–Crippen MR) is 213 cm³/mol. The molecule has 3 N–H and O–H groups in total. The van der Waals surface area contributed by atoms with E-state index in [2.05, 4.69) is 29.0 Å². The van der Waals surface area contributed by atoms with Crippen LogP contribution in [0.5, 0.6) is 0 Å². The van der Waals surface area contributed by atoms with Crippen LogP contribution in [-0.4, -0.2) is 138 Å². The second-order valence-electron chi connectivity index (χ2n) is 15.9. The summed E-state index contributed by atoms with van der Waals surface area (Å²) in [5, 5.41) is 2.67. The van der Waals surface area contributed by atoms with Gasteiger partial charge in [0.2, 0.25) is 0 Å². The summed E-state index contributed by atoms with van der Waals surface area (Å²) in [6.45, 7) is 9.44. The lowest BCUT2D eigenvalue weighted by molar-refractivity contribution is -0.145. The number of esters is 1. The molecule has 3 saturated heterocycles. The topological polar surface area (TPSA) is 141 Å². The molecule has 4 aliphatic rings. The molecule has 13 nitrogen and oxygen atoms in total. The average molecular weight is 834 g/mol. The van der Waals surface area contributed by atoms with Crippen molar-refractivity contribution in [3.63, 3.8) is 0 Å². The van der Waals surface area contributed by atoms with E-state index in [-0.39, 0.29) is 72.8 Å². The van der Waals surface area contributed by atoms with E-state index in [9.17, 15) is 32.3 Å². The minimum Gasteiger partial charge on any atom is -0.465 e. The Balaban J connectivity index is 1.10. The first-order chi connectivity index (χ1) is 27.6. The normalized spacial score (nSPS) is 22.2. The number of urea groups is 1. The van der Waals surface area contributed by atoms with Crippen molar-refractivity contribution in [1.29, 1.82) is 0 Å². The standard InChI is InChI=1S/C41H55ClF3N7O6/c1-4-57-36(53)25-52-26(2)9-10-31(52)21-27(3)48-17-19-49(20-18-48)38(54)35(24-28-22-32(41(43,44)45)37(46)33(42)23-28)58-40(56)50-14-12-30(13-15-50)51-16-11-29-7-5-6-8-34(29)47-39(51)55/h5-8,22-23,26-27,30-31,35H,4,9-21,24-25,46H2,1-3H3,(H,47,55)/t26?,27-,31?,35+/m0/s1. The summed E-state index contributed by atoms with van der Waals surface area (Å²) in [6, 6.07) is 10.1. The summed E-state index contributed by atoms with van der Waals surface area (Å²) in [4.78, 5) is 62.7. The number of nitrogens with one attached hydrogen (secondary N) is 1. The highest BCUT2D eigenvalue weighted by Gasteiger charge is 2.39. The summed E-state index contributed by atoms with van der Waals surface area (Å²) in [7, 11) is 0. The highest BCUT2D eigenvalue weighted by Crippen LogP contribution is 2.38. The van der Waals surface area contributed by atoms with E-state index in [0.29, 0.717) is 58.6 Å². The van der Waals surface area contributed by atoms with Crippen LogP contribution in [0.2, 0.25) is 5.02 Å². The van der Waals surface area contributed by atoms with Crippen molar-refractivity contribution in [3.05, 3.63) is 58.1 Å². The van der Waals surface area contributed by atoms with Crippen LogP contribution in [0.15, 0.2) is 36.4 Å². The molecule has 6 rings (SSSR count). The number of piperazine rings is 1. The zero-order valence-electron chi connectivity index (χ0n) is 33.4. The van der Waals surface area contributed by atoms with Crippen LogP contribution < -0.4 is 11.1 Å². The number of nitrogens with zero attached hydrogens (tertiary/aromatic N) is 5. The van der Waals surface area contributed by atoms with Crippen molar-refractivity contribution >= 4 is 47.0 Å². The number of alkyl halides is 3. The molecule has 0 radical (unpaired) electrons. The summed E-state index contributed by atoms with van der Waals surface area (Å²) in [6.07, 6.45) is -2.86. The van der Waals surface area contributed by atoms with Gasteiger partial charge < -0.3 is 35.2 Å². The van der Waals surface area contributed by atoms with Crippen molar-refractivity contribution in [2.75, 3.05) is 70.0 Å². The van der Waals surface area contributed by atoms with Gasteiger partial charge in [0.15, 0.2) is 6.10 Å². The number of likely N-dealkylation sites (tertiary alicyclic amines) is 2. The van der Waals surface area contributed by atoms with Gasteiger partial charge in [-0.25, -0.2) is 9.59 Å². The monoisotopic (exact) mass is 833 g/mol. The molecule has 4 aliphatic heterocycles. The van der Waals surface area contributed by atoms with E-state index in [0.717, 1.165) is 36.6 Å². The molecule has 58 heavy (non-hydrogen) atoms. The third-order valence-electron chi connectivity index (χ3n) is 12.2. The number of benzene rings is 2. The van der Waals surface area contributed by atoms with Crippen molar-refractivity contribution in [1.82, 2.24) is 24.5 Å². The predicted octanol–water partition coefficient (Wildman–Crippen LogP) is 5.88. The van der Waals surface area contributed by atoms with Crippen LogP contribution in [0.3, 0.4) is 0 Å².